The smallest absolute Gasteiger partial charge is 0.229 e. The third-order valence-electron chi connectivity index (χ3n) is 3.95. The van der Waals surface area contributed by atoms with E-state index in [0.717, 1.165) is 22.8 Å². The molecule has 0 radical (unpaired) electrons. The number of nitrogens with zero attached hydrogens (tertiary/aromatic N) is 2. The maximum Gasteiger partial charge on any atom is 0.229 e. The van der Waals surface area contributed by atoms with E-state index in [2.05, 4.69) is 39.7 Å². The highest BCUT2D eigenvalue weighted by atomic mass is 35.5. The maximum atomic E-state index is 6.19. The third kappa shape index (κ3) is 4.48. The number of rotatable bonds is 5. The molecule has 0 bridgehead atoms. The van der Waals surface area contributed by atoms with Crippen LogP contribution in [0.1, 0.15) is 29.8 Å². The third-order valence-corrected chi connectivity index (χ3v) is 4.35. The molecular weight excluding hydrogens is 332 g/mol. The number of aromatic nitrogens is 2. The van der Waals surface area contributed by atoms with Gasteiger partial charge in [-0.2, -0.15) is 4.98 Å². The summed E-state index contributed by atoms with van der Waals surface area (Å²) in [5.74, 6) is 1.33. The summed E-state index contributed by atoms with van der Waals surface area (Å²) >= 11 is 6.19. The van der Waals surface area contributed by atoms with Crippen molar-refractivity contribution < 1.29 is 0 Å². The van der Waals surface area contributed by atoms with E-state index >= 15 is 0 Å². The van der Waals surface area contributed by atoms with E-state index in [4.69, 9.17) is 11.6 Å². The lowest BCUT2D eigenvalue weighted by Gasteiger charge is -2.16. The van der Waals surface area contributed by atoms with Gasteiger partial charge in [0.2, 0.25) is 5.95 Å². The zero-order valence-corrected chi connectivity index (χ0v) is 15.3. The highest BCUT2D eigenvalue weighted by molar-refractivity contribution is 6.31. The van der Waals surface area contributed by atoms with Crippen LogP contribution < -0.4 is 10.6 Å². The van der Waals surface area contributed by atoms with Gasteiger partial charge in [0.05, 0.1) is 0 Å². The van der Waals surface area contributed by atoms with Gasteiger partial charge >= 0.3 is 0 Å². The number of halogens is 1. The van der Waals surface area contributed by atoms with Crippen LogP contribution in [0.25, 0.3) is 0 Å². The fourth-order valence-electron chi connectivity index (χ4n) is 2.54. The second-order valence-corrected chi connectivity index (χ2v) is 6.49. The molecule has 0 fully saturated rings. The van der Waals surface area contributed by atoms with Gasteiger partial charge in [-0.05, 0) is 44.0 Å². The molecule has 2 N–H and O–H groups in total. The Labute approximate surface area is 153 Å². The molecule has 1 unspecified atom stereocenters. The van der Waals surface area contributed by atoms with Crippen LogP contribution in [-0.2, 0) is 0 Å². The van der Waals surface area contributed by atoms with E-state index in [0.29, 0.717) is 11.0 Å². The minimum absolute atomic E-state index is 0.150. The summed E-state index contributed by atoms with van der Waals surface area (Å²) in [6, 6.07) is 18.2. The minimum Gasteiger partial charge on any atom is -0.363 e. The topological polar surface area (TPSA) is 49.8 Å². The maximum absolute atomic E-state index is 6.19. The van der Waals surface area contributed by atoms with Gasteiger partial charge in [0.1, 0.15) is 5.82 Å². The molecule has 0 amide bonds. The van der Waals surface area contributed by atoms with Crippen molar-refractivity contribution in [3.8, 4) is 0 Å². The van der Waals surface area contributed by atoms with Gasteiger partial charge in [-0.25, -0.2) is 4.98 Å². The zero-order valence-electron chi connectivity index (χ0n) is 14.5. The fourth-order valence-corrected chi connectivity index (χ4v) is 2.73. The van der Waals surface area contributed by atoms with Crippen molar-refractivity contribution in [1.29, 1.82) is 0 Å². The molecule has 4 nitrogen and oxygen atoms in total. The molecule has 1 heterocycles. The van der Waals surface area contributed by atoms with Crippen LogP contribution >= 0.6 is 11.6 Å². The number of hydrogen-bond donors (Lipinski definition) is 2. The van der Waals surface area contributed by atoms with Gasteiger partial charge in [-0.3, -0.25) is 0 Å². The molecule has 0 aliphatic carbocycles. The second-order valence-electron chi connectivity index (χ2n) is 6.08. The highest BCUT2D eigenvalue weighted by Crippen LogP contribution is 2.23. The Kier molecular flexibility index (Phi) is 5.19. The quantitative estimate of drug-likeness (QED) is 0.621. The first kappa shape index (κ1) is 17.2. The SMILES string of the molecule is Cc1cc(NC(C)c2ccccc2)nc(Nc2ccc(C)c(Cl)c2)n1. The monoisotopic (exact) mass is 352 g/mol. The van der Waals surface area contributed by atoms with E-state index in [9.17, 15) is 0 Å². The Balaban J connectivity index is 1.79. The summed E-state index contributed by atoms with van der Waals surface area (Å²) in [4.78, 5) is 9.03. The van der Waals surface area contributed by atoms with Crippen molar-refractivity contribution in [1.82, 2.24) is 9.97 Å². The van der Waals surface area contributed by atoms with Crippen molar-refractivity contribution >= 4 is 29.1 Å². The van der Waals surface area contributed by atoms with Gasteiger partial charge in [-0.1, -0.05) is 48.0 Å². The average Bonchev–Trinajstić information content (AvgIpc) is 2.58. The molecule has 2 aromatic carbocycles. The standard InChI is InChI=1S/C20H21ClN4/c1-13-9-10-17(12-18(13)21)24-20-22-14(2)11-19(25-20)23-15(3)16-7-5-4-6-8-16/h4-12,15H,1-3H3,(H2,22,23,24,25). The Bertz CT molecular complexity index is 865. The summed E-state index contributed by atoms with van der Waals surface area (Å²) in [6.07, 6.45) is 0. The molecule has 3 aromatic rings. The van der Waals surface area contributed by atoms with Crippen LogP contribution in [0.4, 0.5) is 17.5 Å². The number of hydrogen-bond acceptors (Lipinski definition) is 4. The summed E-state index contributed by atoms with van der Waals surface area (Å²) in [5, 5.41) is 7.36. The van der Waals surface area contributed by atoms with Crippen LogP contribution in [0.3, 0.4) is 0 Å². The Morgan fingerprint density at radius 3 is 2.44 bits per heavy atom. The van der Waals surface area contributed by atoms with Crippen molar-refractivity contribution in [2.45, 2.75) is 26.8 Å². The molecule has 0 spiro atoms. The van der Waals surface area contributed by atoms with Crippen molar-refractivity contribution in [3.63, 3.8) is 0 Å². The molecule has 1 atom stereocenters. The molecule has 5 heteroatoms. The first-order valence-electron chi connectivity index (χ1n) is 8.21. The molecule has 3 rings (SSSR count). The molecule has 0 saturated heterocycles. The second kappa shape index (κ2) is 7.53. The van der Waals surface area contributed by atoms with Crippen LogP contribution in [0.5, 0.6) is 0 Å². The first-order chi connectivity index (χ1) is 12.0. The number of anilines is 3. The van der Waals surface area contributed by atoms with E-state index in [-0.39, 0.29) is 6.04 Å². The van der Waals surface area contributed by atoms with Crippen LogP contribution in [0, 0.1) is 13.8 Å². The van der Waals surface area contributed by atoms with Gasteiger partial charge < -0.3 is 10.6 Å². The molecule has 0 aliphatic rings. The Morgan fingerprint density at radius 1 is 0.960 bits per heavy atom. The molecule has 25 heavy (non-hydrogen) atoms. The van der Waals surface area contributed by atoms with Gasteiger partial charge in [-0.15, -0.1) is 0 Å². The van der Waals surface area contributed by atoms with Crippen LogP contribution in [0.15, 0.2) is 54.6 Å². The molecular formula is C20H21ClN4. The number of nitrogens with one attached hydrogen (secondary N) is 2. The average molecular weight is 353 g/mol. The van der Waals surface area contributed by atoms with Crippen LogP contribution in [-0.4, -0.2) is 9.97 Å². The first-order valence-corrected chi connectivity index (χ1v) is 8.59. The van der Waals surface area contributed by atoms with Gasteiger partial charge in [0, 0.05) is 28.5 Å². The van der Waals surface area contributed by atoms with Gasteiger partial charge in [0.15, 0.2) is 0 Å². The summed E-state index contributed by atoms with van der Waals surface area (Å²) in [7, 11) is 0. The highest BCUT2D eigenvalue weighted by Gasteiger charge is 2.08. The Hall–Kier alpha value is -2.59. The molecule has 1 aromatic heterocycles. The predicted octanol–water partition coefficient (Wildman–Crippen LogP) is 5.66. The predicted molar refractivity (Wildman–Crippen MR) is 105 cm³/mol. The summed E-state index contributed by atoms with van der Waals surface area (Å²) < 4.78 is 0. The normalized spacial score (nSPS) is 11.8. The summed E-state index contributed by atoms with van der Waals surface area (Å²) in [5.41, 5.74) is 4.00. The molecule has 0 saturated carbocycles. The lowest BCUT2D eigenvalue weighted by molar-refractivity contribution is 0.871. The van der Waals surface area contributed by atoms with E-state index in [1.54, 1.807) is 0 Å². The fraction of sp³-hybridized carbons (Fsp3) is 0.200. The van der Waals surface area contributed by atoms with Crippen molar-refractivity contribution in [3.05, 3.63) is 76.4 Å². The van der Waals surface area contributed by atoms with Crippen LogP contribution in [0.2, 0.25) is 5.02 Å². The largest absolute Gasteiger partial charge is 0.363 e. The van der Waals surface area contributed by atoms with Crippen molar-refractivity contribution in [2.24, 2.45) is 0 Å². The molecule has 0 aliphatic heterocycles. The van der Waals surface area contributed by atoms with E-state index < -0.39 is 0 Å². The lowest BCUT2D eigenvalue weighted by Crippen LogP contribution is -2.09. The van der Waals surface area contributed by atoms with Crippen molar-refractivity contribution in [2.75, 3.05) is 10.6 Å². The van der Waals surface area contributed by atoms with E-state index in [1.165, 1.54) is 5.56 Å². The molecule has 128 valence electrons. The lowest BCUT2D eigenvalue weighted by atomic mass is 10.1. The van der Waals surface area contributed by atoms with E-state index in [1.807, 2.05) is 56.3 Å². The Morgan fingerprint density at radius 2 is 1.72 bits per heavy atom. The summed E-state index contributed by atoms with van der Waals surface area (Å²) in [6.45, 7) is 6.04. The van der Waals surface area contributed by atoms with Gasteiger partial charge in [0.25, 0.3) is 0 Å². The zero-order chi connectivity index (χ0) is 17.8. The number of aryl methyl sites for hydroxylation is 2. The number of benzene rings is 2. The minimum atomic E-state index is 0.150.